The van der Waals surface area contributed by atoms with Gasteiger partial charge in [0.15, 0.2) is 0 Å². The van der Waals surface area contributed by atoms with Crippen LogP contribution in [0, 0.1) is 17.7 Å². The Labute approximate surface area is 104 Å². The maximum Gasteiger partial charge on any atom is 0.125 e. The van der Waals surface area contributed by atoms with E-state index in [-0.39, 0.29) is 5.82 Å². The molecule has 2 nitrogen and oxygen atoms in total. The average Bonchev–Trinajstić information content (AvgIpc) is 2.27. The smallest absolute Gasteiger partial charge is 0.125 e. The molecule has 96 valence electrons. The van der Waals surface area contributed by atoms with Crippen molar-refractivity contribution in [2.45, 2.75) is 20.3 Å². The highest BCUT2D eigenvalue weighted by molar-refractivity contribution is 5.45. The van der Waals surface area contributed by atoms with Gasteiger partial charge in [-0.05, 0) is 43.0 Å². The van der Waals surface area contributed by atoms with Crippen LogP contribution in [-0.2, 0) is 0 Å². The minimum absolute atomic E-state index is 0.192. The zero-order valence-corrected chi connectivity index (χ0v) is 11.0. The van der Waals surface area contributed by atoms with Crippen LogP contribution in [0.3, 0.4) is 0 Å². The summed E-state index contributed by atoms with van der Waals surface area (Å²) in [6, 6.07) is 6.68. The first-order chi connectivity index (χ1) is 8.02. The number of benzene rings is 1. The molecule has 1 atom stereocenters. The third-order valence-corrected chi connectivity index (χ3v) is 2.92. The molecule has 1 unspecified atom stereocenters. The van der Waals surface area contributed by atoms with Crippen LogP contribution in [0.4, 0.5) is 10.1 Å². The van der Waals surface area contributed by atoms with E-state index in [0.29, 0.717) is 18.4 Å². The Morgan fingerprint density at radius 1 is 1.35 bits per heavy atom. The van der Waals surface area contributed by atoms with Crippen LogP contribution in [0.25, 0.3) is 0 Å². The Morgan fingerprint density at radius 3 is 2.59 bits per heavy atom. The highest BCUT2D eigenvalue weighted by atomic mass is 19.1. The van der Waals surface area contributed by atoms with Gasteiger partial charge in [-0.2, -0.15) is 0 Å². The van der Waals surface area contributed by atoms with Crippen LogP contribution in [-0.4, -0.2) is 20.1 Å². The molecule has 1 aromatic rings. The van der Waals surface area contributed by atoms with Crippen molar-refractivity contribution >= 4 is 5.69 Å². The number of anilines is 1. The quantitative estimate of drug-likeness (QED) is 0.825. The van der Waals surface area contributed by atoms with Gasteiger partial charge in [0.25, 0.3) is 0 Å². The number of nitrogens with two attached hydrogens (primary N) is 1. The molecule has 1 rings (SSSR count). The van der Waals surface area contributed by atoms with Gasteiger partial charge in [0.2, 0.25) is 0 Å². The predicted octanol–water partition coefficient (Wildman–Crippen LogP) is 2.88. The maximum absolute atomic E-state index is 13.1. The summed E-state index contributed by atoms with van der Waals surface area (Å²) < 4.78 is 13.1. The fourth-order valence-electron chi connectivity index (χ4n) is 2.12. The fraction of sp³-hybridized carbons (Fsp3) is 0.571. The molecule has 0 aliphatic carbocycles. The molecule has 3 heteroatoms. The lowest BCUT2D eigenvalue weighted by molar-refractivity contribution is 0.419. The number of halogens is 1. The van der Waals surface area contributed by atoms with Crippen molar-refractivity contribution in [3.05, 3.63) is 30.1 Å². The van der Waals surface area contributed by atoms with E-state index in [1.54, 1.807) is 12.1 Å². The predicted molar refractivity (Wildman–Crippen MR) is 71.7 cm³/mol. The first kappa shape index (κ1) is 14.0. The minimum atomic E-state index is -0.192. The van der Waals surface area contributed by atoms with E-state index in [2.05, 4.69) is 18.7 Å². The third-order valence-electron chi connectivity index (χ3n) is 2.92. The molecule has 0 aliphatic rings. The Balaban J connectivity index is 2.60. The SMILES string of the molecule is CC(C)CC(CN)CN(C)c1cccc(F)c1. The Bertz CT molecular complexity index is 339. The molecule has 0 radical (unpaired) electrons. The van der Waals surface area contributed by atoms with Gasteiger partial charge in [0, 0.05) is 19.3 Å². The first-order valence-corrected chi connectivity index (χ1v) is 6.19. The largest absolute Gasteiger partial charge is 0.374 e. The van der Waals surface area contributed by atoms with E-state index < -0.39 is 0 Å². The molecule has 2 N–H and O–H groups in total. The molecular weight excluding hydrogens is 215 g/mol. The number of nitrogens with zero attached hydrogens (tertiary/aromatic N) is 1. The molecule has 0 aliphatic heterocycles. The molecule has 0 heterocycles. The van der Waals surface area contributed by atoms with E-state index >= 15 is 0 Å². The zero-order valence-electron chi connectivity index (χ0n) is 11.0. The molecule has 0 bridgehead atoms. The second-order valence-electron chi connectivity index (χ2n) is 5.09. The monoisotopic (exact) mass is 238 g/mol. The van der Waals surface area contributed by atoms with Gasteiger partial charge in [-0.25, -0.2) is 4.39 Å². The second kappa shape index (κ2) is 6.60. The van der Waals surface area contributed by atoms with Gasteiger partial charge in [-0.1, -0.05) is 19.9 Å². The van der Waals surface area contributed by atoms with Crippen molar-refractivity contribution < 1.29 is 4.39 Å². The summed E-state index contributed by atoms with van der Waals surface area (Å²) in [7, 11) is 1.98. The maximum atomic E-state index is 13.1. The molecule has 0 saturated heterocycles. The number of rotatable bonds is 6. The van der Waals surface area contributed by atoms with E-state index in [9.17, 15) is 4.39 Å². The van der Waals surface area contributed by atoms with Gasteiger partial charge in [0.1, 0.15) is 5.82 Å². The summed E-state index contributed by atoms with van der Waals surface area (Å²) in [6.07, 6.45) is 1.11. The van der Waals surface area contributed by atoms with E-state index in [0.717, 1.165) is 18.7 Å². The van der Waals surface area contributed by atoms with Crippen molar-refractivity contribution in [2.24, 2.45) is 17.6 Å². The molecule has 1 aromatic carbocycles. The Morgan fingerprint density at radius 2 is 2.06 bits per heavy atom. The van der Waals surface area contributed by atoms with Crippen LogP contribution < -0.4 is 10.6 Å². The molecule has 0 amide bonds. The lowest BCUT2D eigenvalue weighted by Gasteiger charge is -2.26. The Hall–Kier alpha value is -1.09. The summed E-state index contributed by atoms with van der Waals surface area (Å²) in [6.45, 7) is 5.95. The fourth-order valence-corrected chi connectivity index (χ4v) is 2.12. The minimum Gasteiger partial charge on any atom is -0.374 e. The van der Waals surface area contributed by atoms with Crippen LogP contribution in [0.1, 0.15) is 20.3 Å². The highest BCUT2D eigenvalue weighted by Crippen LogP contribution is 2.18. The van der Waals surface area contributed by atoms with E-state index in [1.165, 1.54) is 6.07 Å². The molecule has 0 aromatic heterocycles. The summed E-state index contributed by atoms with van der Waals surface area (Å²) in [5.41, 5.74) is 6.69. The van der Waals surface area contributed by atoms with Crippen LogP contribution >= 0.6 is 0 Å². The summed E-state index contributed by atoms with van der Waals surface area (Å²) in [5.74, 6) is 0.912. The topological polar surface area (TPSA) is 29.3 Å². The summed E-state index contributed by atoms with van der Waals surface area (Å²) in [4.78, 5) is 2.07. The van der Waals surface area contributed by atoms with Crippen molar-refractivity contribution in [1.82, 2.24) is 0 Å². The van der Waals surface area contributed by atoms with Crippen LogP contribution in [0.5, 0.6) is 0 Å². The van der Waals surface area contributed by atoms with Crippen molar-refractivity contribution in [3.63, 3.8) is 0 Å². The molecular formula is C14H23FN2. The average molecular weight is 238 g/mol. The molecule has 17 heavy (non-hydrogen) atoms. The van der Waals surface area contributed by atoms with Gasteiger partial charge >= 0.3 is 0 Å². The second-order valence-corrected chi connectivity index (χ2v) is 5.09. The van der Waals surface area contributed by atoms with Crippen LogP contribution in [0.15, 0.2) is 24.3 Å². The normalized spacial score (nSPS) is 12.8. The molecule has 0 spiro atoms. The van der Waals surface area contributed by atoms with E-state index in [1.807, 2.05) is 13.1 Å². The lowest BCUT2D eigenvalue weighted by Crippen LogP contribution is -2.31. The van der Waals surface area contributed by atoms with Crippen LogP contribution in [0.2, 0.25) is 0 Å². The van der Waals surface area contributed by atoms with Crippen molar-refractivity contribution in [2.75, 3.05) is 25.0 Å². The standard InChI is InChI=1S/C14H23FN2/c1-11(2)7-12(9-16)10-17(3)14-6-4-5-13(15)8-14/h4-6,8,11-12H,7,9-10,16H2,1-3H3. The summed E-state index contributed by atoms with van der Waals surface area (Å²) >= 11 is 0. The van der Waals surface area contributed by atoms with Gasteiger partial charge in [-0.3, -0.25) is 0 Å². The van der Waals surface area contributed by atoms with Gasteiger partial charge in [-0.15, -0.1) is 0 Å². The molecule has 0 fully saturated rings. The number of hydrogen-bond donors (Lipinski definition) is 1. The summed E-state index contributed by atoms with van der Waals surface area (Å²) in [5, 5.41) is 0. The number of hydrogen-bond acceptors (Lipinski definition) is 2. The Kier molecular flexibility index (Phi) is 5.42. The van der Waals surface area contributed by atoms with Crippen molar-refractivity contribution in [1.29, 1.82) is 0 Å². The highest BCUT2D eigenvalue weighted by Gasteiger charge is 2.12. The first-order valence-electron chi connectivity index (χ1n) is 6.19. The van der Waals surface area contributed by atoms with Crippen molar-refractivity contribution in [3.8, 4) is 0 Å². The molecule has 0 saturated carbocycles. The van der Waals surface area contributed by atoms with E-state index in [4.69, 9.17) is 5.73 Å². The lowest BCUT2D eigenvalue weighted by atomic mass is 9.96. The van der Waals surface area contributed by atoms with Gasteiger partial charge < -0.3 is 10.6 Å². The zero-order chi connectivity index (χ0) is 12.8. The third kappa shape index (κ3) is 4.73. The van der Waals surface area contributed by atoms with Gasteiger partial charge in [0.05, 0.1) is 0 Å².